The van der Waals surface area contributed by atoms with Gasteiger partial charge in [0, 0.05) is 22.5 Å². The molecule has 2 heteroatoms. The zero-order valence-corrected chi connectivity index (χ0v) is 20.8. The Morgan fingerprint density at radius 1 is 0.568 bits per heavy atom. The standard InChI is InChI=1S/C35H25NO/c1-22-21-36-33(31-13-8-12-30-29-11-6-7-14-34(29)37-35(30)31)20-32(22)28-18-16-26-19-25(15-17-27(26)23(28)2)24-9-4-3-5-10-24/h3-21H,1-2H3. The van der Waals surface area contributed by atoms with Crippen LogP contribution in [0, 0.1) is 13.8 Å². The molecule has 7 aromatic rings. The smallest absolute Gasteiger partial charge is 0.144 e. The molecule has 0 atom stereocenters. The second-order valence-corrected chi connectivity index (χ2v) is 9.71. The Kier molecular flexibility index (Phi) is 4.93. The number of fused-ring (bicyclic) bond motifs is 4. The van der Waals surface area contributed by atoms with Crippen LogP contribution in [-0.2, 0) is 0 Å². The highest BCUT2D eigenvalue weighted by molar-refractivity contribution is 6.09. The maximum atomic E-state index is 6.30. The van der Waals surface area contributed by atoms with Gasteiger partial charge in [-0.1, -0.05) is 84.9 Å². The van der Waals surface area contributed by atoms with Crippen LogP contribution in [0.25, 0.3) is 66.2 Å². The number of rotatable bonds is 3. The van der Waals surface area contributed by atoms with Gasteiger partial charge in [0.1, 0.15) is 11.2 Å². The van der Waals surface area contributed by atoms with Gasteiger partial charge < -0.3 is 4.42 Å². The summed E-state index contributed by atoms with van der Waals surface area (Å²) in [7, 11) is 0. The van der Waals surface area contributed by atoms with Crippen LogP contribution in [0.3, 0.4) is 0 Å². The summed E-state index contributed by atoms with van der Waals surface area (Å²) in [5, 5.41) is 4.77. The third kappa shape index (κ3) is 3.53. The number of aromatic nitrogens is 1. The summed E-state index contributed by atoms with van der Waals surface area (Å²) in [6.07, 6.45) is 1.98. The fourth-order valence-corrected chi connectivity index (χ4v) is 5.50. The molecule has 0 saturated carbocycles. The molecule has 37 heavy (non-hydrogen) atoms. The van der Waals surface area contributed by atoms with Crippen LogP contribution in [0.2, 0.25) is 0 Å². The molecule has 2 heterocycles. The highest BCUT2D eigenvalue weighted by atomic mass is 16.3. The minimum Gasteiger partial charge on any atom is -0.455 e. The number of pyridine rings is 1. The highest BCUT2D eigenvalue weighted by Crippen LogP contribution is 2.38. The van der Waals surface area contributed by atoms with Gasteiger partial charge in [0.15, 0.2) is 0 Å². The summed E-state index contributed by atoms with van der Waals surface area (Å²) in [5.74, 6) is 0. The maximum absolute atomic E-state index is 6.30. The molecule has 0 saturated heterocycles. The molecule has 0 aliphatic carbocycles. The van der Waals surface area contributed by atoms with Crippen LogP contribution >= 0.6 is 0 Å². The van der Waals surface area contributed by atoms with Crippen LogP contribution in [0.5, 0.6) is 0 Å². The van der Waals surface area contributed by atoms with E-state index in [1.165, 1.54) is 38.6 Å². The third-order valence-electron chi connectivity index (χ3n) is 7.47. The van der Waals surface area contributed by atoms with Gasteiger partial charge in [-0.15, -0.1) is 0 Å². The molecule has 2 aromatic heterocycles. The summed E-state index contributed by atoms with van der Waals surface area (Å²) >= 11 is 0. The van der Waals surface area contributed by atoms with Crippen molar-refractivity contribution in [3.8, 4) is 33.5 Å². The Labute approximate surface area is 215 Å². The first kappa shape index (κ1) is 21.6. The van der Waals surface area contributed by atoms with E-state index < -0.39 is 0 Å². The van der Waals surface area contributed by atoms with Gasteiger partial charge >= 0.3 is 0 Å². The number of hydrogen-bond acceptors (Lipinski definition) is 2. The number of furan rings is 1. The first-order valence-electron chi connectivity index (χ1n) is 12.6. The van der Waals surface area contributed by atoms with Crippen molar-refractivity contribution in [3.05, 3.63) is 127 Å². The van der Waals surface area contributed by atoms with Crippen molar-refractivity contribution < 1.29 is 4.42 Å². The lowest BCUT2D eigenvalue weighted by molar-refractivity contribution is 0.670. The lowest BCUT2D eigenvalue weighted by Gasteiger charge is -2.14. The third-order valence-corrected chi connectivity index (χ3v) is 7.47. The minimum atomic E-state index is 0.884. The second kappa shape index (κ2) is 8.46. The Balaban J connectivity index is 1.37. The van der Waals surface area contributed by atoms with Gasteiger partial charge in [0.25, 0.3) is 0 Å². The molecule has 0 amide bonds. The number of benzene rings is 5. The molecule has 0 aliphatic heterocycles. The van der Waals surface area contributed by atoms with Gasteiger partial charge in [0.2, 0.25) is 0 Å². The Hall–Kier alpha value is -4.69. The van der Waals surface area contributed by atoms with E-state index in [4.69, 9.17) is 9.40 Å². The van der Waals surface area contributed by atoms with Gasteiger partial charge in [-0.25, -0.2) is 0 Å². The molecule has 0 fully saturated rings. The quantitative estimate of drug-likeness (QED) is 0.254. The summed E-state index contributed by atoms with van der Waals surface area (Å²) < 4.78 is 6.30. The molecule has 176 valence electrons. The number of hydrogen-bond donors (Lipinski definition) is 0. The molecule has 2 nitrogen and oxygen atoms in total. The zero-order chi connectivity index (χ0) is 24.9. The van der Waals surface area contributed by atoms with Crippen molar-refractivity contribution in [1.29, 1.82) is 0 Å². The Morgan fingerprint density at radius 3 is 2.27 bits per heavy atom. The normalized spacial score (nSPS) is 11.5. The molecule has 0 radical (unpaired) electrons. The van der Waals surface area contributed by atoms with Crippen molar-refractivity contribution in [3.63, 3.8) is 0 Å². The van der Waals surface area contributed by atoms with Crippen molar-refractivity contribution in [1.82, 2.24) is 4.98 Å². The summed E-state index contributed by atoms with van der Waals surface area (Å²) in [6.45, 7) is 4.36. The summed E-state index contributed by atoms with van der Waals surface area (Å²) in [5.41, 5.74) is 11.1. The van der Waals surface area contributed by atoms with E-state index in [2.05, 4.69) is 111 Å². The van der Waals surface area contributed by atoms with Crippen LogP contribution in [0.15, 0.2) is 120 Å². The first-order valence-corrected chi connectivity index (χ1v) is 12.6. The number of aryl methyl sites for hydroxylation is 2. The zero-order valence-electron chi connectivity index (χ0n) is 20.8. The SMILES string of the molecule is Cc1cnc(-c2cccc3c2oc2ccccc23)cc1-c1ccc2cc(-c3ccccc3)ccc2c1C. The van der Waals surface area contributed by atoms with Crippen molar-refractivity contribution in [2.75, 3.05) is 0 Å². The van der Waals surface area contributed by atoms with Crippen LogP contribution < -0.4 is 0 Å². The molecular weight excluding hydrogens is 450 g/mol. The van der Waals surface area contributed by atoms with Crippen molar-refractivity contribution >= 4 is 32.7 Å². The molecule has 0 N–H and O–H groups in total. The second-order valence-electron chi connectivity index (χ2n) is 9.71. The summed E-state index contributed by atoms with van der Waals surface area (Å²) in [4.78, 5) is 4.83. The monoisotopic (exact) mass is 475 g/mol. The fourth-order valence-electron chi connectivity index (χ4n) is 5.50. The largest absolute Gasteiger partial charge is 0.455 e. The van der Waals surface area contributed by atoms with E-state index in [1.807, 2.05) is 18.3 Å². The van der Waals surface area contributed by atoms with E-state index in [9.17, 15) is 0 Å². The van der Waals surface area contributed by atoms with Gasteiger partial charge in [0.05, 0.1) is 5.69 Å². The predicted molar refractivity (Wildman–Crippen MR) is 155 cm³/mol. The van der Waals surface area contributed by atoms with Gasteiger partial charge in [-0.3, -0.25) is 4.98 Å². The van der Waals surface area contributed by atoms with E-state index in [-0.39, 0.29) is 0 Å². The molecule has 7 rings (SSSR count). The first-order chi connectivity index (χ1) is 18.2. The molecule has 5 aromatic carbocycles. The molecule has 0 unspecified atom stereocenters. The number of para-hydroxylation sites is 2. The van der Waals surface area contributed by atoms with Crippen LogP contribution in [-0.4, -0.2) is 4.98 Å². The molecule has 0 bridgehead atoms. The van der Waals surface area contributed by atoms with E-state index in [0.29, 0.717) is 0 Å². The Bertz CT molecular complexity index is 1950. The summed E-state index contributed by atoms with van der Waals surface area (Å²) in [6, 6.07) is 38.5. The Morgan fingerprint density at radius 2 is 1.38 bits per heavy atom. The van der Waals surface area contributed by atoms with E-state index in [0.717, 1.165) is 38.8 Å². The van der Waals surface area contributed by atoms with Crippen molar-refractivity contribution in [2.24, 2.45) is 0 Å². The van der Waals surface area contributed by atoms with Crippen molar-refractivity contribution in [2.45, 2.75) is 13.8 Å². The van der Waals surface area contributed by atoms with E-state index in [1.54, 1.807) is 0 Å². The maximum Gasteiger partial charge on any atom is 0.144 e. The van der Waals surface area contributed by atoms with Gasteiger partial charge in [-0.2, -0.15) is 0 Å². The topological polar surface area (TPSA) is 26.0 Å². The van der Waals surface area contributed by atoms with Crippen LogP contribution in [0.4, 0.5) is 0 Å². The fraction of sp³-hybridized carbons (Fsp3) is 0.0571. The molecule has 0 aliphatic rings. The van der Waals surface area contributed by atoms with E-state index >= 15 is 0 Å². The molecular formula is C35H25NO. The average molecular weight is 476 g/mol. The lowest BCUT2D eigenvalue weighted by Crippen LogP contribution is -1.93. The minimum absolute atomic E-state index is 0.884. The average Bonchev–Trinajstić information content (AvgIpc) is 3.33. The predicted octanol–water partition coefficient (Wildman–Crippen LogP) is 9.75. The van der Waals surface area contributed by atoms with Crippen LogP contribution in [0.1, 0.15) is 11.1 Å². The highest BCUT2D eigenvalue weighted by Gasteiger charge is 2.15. The van der Waals surface area contributed by atoms with Gasteiger partial charge in [-0.05, 0) is 82.3 Å². The lowest BCUT2D eigenvalue weighted by atomic mass is 9.91. The number of nitrogens with zero attached hydrogens (tertiary/aromatic N) is 1. The molecule has 0 spiro atoms.